The van der Waals surface area contributed by atoms with Crippen LogP contribution in [0.15, 0.2) is 71.6 Å². The molecule has 3 aromatic rings. The number of hydrogen-bond acceptors (Lipinski definition) is 6. The molecular weight excluding hydrogens is 434 g/mol. The molecule has 164 valence electrons. The SMILES string of the molecule is COc1ccc(NS(=O)(=O)c2cccc(C(=O)Nc3ccc4c(c3)NC(=O)CO4)c2)cc1. The molecule has 1 heterocycles. The highest BCUT2D eigenvalue weighted by molar-refractivity contribution is 7.92. The second-order valence-electron chi connectivity index (χ2n) is 6.86. The first kappa shape index (κ1) is 21.2. The Morgan fingerprint density at radius 2 is 1.78 bits per heavy atom. The highest BCUT2D eigenvalue weighted by Gasteiger charge is 2.19. The first-order valence-corrected chi connectivity index (χ1v) is 11.0. The molecule has 9 nitrogen and oxygen atoms in total. The van der Waals surface area contributed by atoms with E-state index in [2.05, 4.69) is 15.4 Å². The van der Waals surface area contributed by atoms with Crippen molar-refractivity contribution >= 4 is 38.9 Å². The summed E-state index contributed by atoms with van der Waals surface area (Å²) < 4.78 is 38.3. The van der Waals surface area contributed by atoms with Crippen LogP contribution >= 0.6 is 0 Å². The number of carbonyl (C=O) groups excluding carboxylic acids is 2. The number of rotatable bonds is 6. The van der Waals surface area contributed by atoms with Gasteiger partial charge in [-0.3, -0.25) is 14.3 Å². The second kappa shape index (κ2) is 8.60. The first-order valence-electron chi connectivity index (χ1n) is 9.49. The molecule has 1 aliphatic rings. The normalized spacial score (nSPS) is 12.7. The Hall–Kier alpha value is -4.05. The molecule has 0 saturated heterocycles. The van der Waals surface area contributed by atoms with E-state index in [0.29, 0.717) is 28.6 Å². The lowest BCUT2D eigenvalue weighted by atomic mass is 10.2. The van der Waals surface area contributed by atoms with Gasteiger partial charge in [-0.25, -0.2) is 8.42 Å². The van der Waals surface area contributed by atoms with Crippen molar-refractivity contribution in [1.82, 2.24) is 0 Å². The Bertz CT molecular complexity index is 1290. The maximum absolute atomic E-state index is 12.8. The third kappa shape index (κ3) is 4.65. The molecule has 0 saturated carbocycles. The number of anilines is 3. The van der Waals surface area contributed by atoms with Gasteiger partial charge in [0.05, 0.1) is 17.7 Å². The Kier molecular flexibility index (Phi) is 5.69. The van der Waals surface area contributed by atoms with Gasteiger partial charge < -0.3 is 20.1 Å². The molecule has 0 radical (unpaired) electrons. The molecule has 0 aromatic heterocycles. The number of benzene rings is 3. The maximum atomic E-state index is 12.8. The molecular formula is C22H19N3O6S. The van der Waals surface area contributed by atoms with Crippen LogP contribution in [0.2, 0.25) is 0 Å². The van der Waals surface area contributed by atoms with E-state index in [1.165, 1.54) is 31.4 Å². The summed E-state index contributed by atoms with van der Waals surface area (Å²) in [6.45, 7) is -0.0649. The highest BCUT2D eigenvalue weighted by atomic mass is 32.2. The van der Waals surface area contributed by atoms with E-state index < -0.39 is 15.9 Å². The fourth-order valence-corrected chi connectivity index (χ4v) is 4.15. The van der Waals surface area contributed by atoms with E-state index in [0.717, 1.165) is 0 Å². The zero-order chi connectivity index (χ0) is 22.7. The van der Waals surface area contributed by atoms with Crippen LogP contribution in [0.3, 0.4) is 0 Å². The number of hydrogen-bond donors (Lipinski definition) is 3. The third-order valence-corrected chi connectivity index (χ3v) is 6.00. The van der Waals surface area contributed by atoms with Gasteiger partial charge in [0.25, 0.3) is 21.8 Å². The van der Waals surface area contributed by atoms with Crippen molar-refractivity contribution in [2.45, 2.75) is 4.90 Å². The Morgan fingerprint density at radius 3 is 2.53 bits per heavy atom. The van der Waals surface area contributed by atoms with E-state index in [4.69, 9.17) is 9.47 Å². The average Bonchev–Trinajstić information content (AvgIpc) is 2.79. The molecule has 0 spiro atoms. The molecule has 0 aliphatic carbocycles. The maximum Gasteiger partial charge on any atom is 0.262 e. The van der Waals surface area contributed by atoms with Gasteiger partial charge >= 0.3 is 0 Å². The highest BCUT2D eigenvalue weighted by Crippen LogP contribution is 2.30. The number of fused-ring (bicyclic) bond motifs is 1. The largest absolute Gasteiger partial charge is 0.497 e. The van der Waals surface area contributed by atoms with Crippen molar-refractivity contribution in [3.8, 4) is 11.5 Å². The molecule has 3 N–H and O–H groups in total. The summed E-state index contributed by atoms with van der Waals surface area (Å²) in [6, 6.07) is 16.9. The topological polar surface area (TPSA) is 123 Å². The van der Waals surface area contributed by atoms with Gasteiger partial charge in [0, 0.05) is 16.9 Å². The summed E-state index contributed by atoms with van der Waals surface area (Å²) in [5.74, 6) is 0.304. The zero-order valence-electron chi connectivity index (χ0n) is 16.9. The van der Waals surface area contributed by atoms with Crippen LogP contribution in [0.25, 0.3) is 0 Å². The lowest BCUT2D eigenvalue weighted by molar-refractivity contribution is -0.118. The van der Waals surface area contributed by atoms with Gasteiger partial charge in [-0.05, 0) is 60.7 Å². The molecule has 10 heteroatoms. The average molecular weight is 453 g/mol. The van der Waals surface area contributed by atoms with Gasteiger partial charge in [-0.2, -0.15) is 0 Å². The number of carbonyl (C=O) groups is 2. The fourth-order valence-electron chi connectivity index (χ4n) is 3.04. The number of sulfonamides is 1. The lowest BCUT2D eigenvalue weighted by Crippen LogP contribution is -2.25. The number of methoxy groups -OCH3 is 1. The van der Waals surface area contributed by atoms with Crippen LogP contribution in [0, 0.1) is 0 Å². The van der Waals surface area contributed by atoms with Crippen LogP contribution in [0.4, 0.5) is 17.1 Å². The Balaban J connectivity index is 1.51. The predicted molar refractivity (Wildman–Crippen MR) is 119 cm³/mol. The van der Waals surface area contributed by atoms with Gasteiger partial charge in [0.1, 0.15) is 11.5 Å². The molecule has 0 fully saturated rings. The van der Waals surface area contributed by atoms with E-state index in [9.17, 15) is 18.0 Å². The molecule has 3 aromatic carbocycles. The molecule has 1 aliphatic heterocycles. The monoisotopic (exact) mass is 453 g/mol. The van der Waals surface area contributed by atoms with Crippen molar-refractivity contribution in [3.63, 3.8) is 0 Å². The molecule has 4 rings (SSSR count). The first-order chi connectivity index (χ1) is 15.3. The van der Waals surface area contributed by atoms with Crippen LogP contribution in [0.1, 0.15) is 10.4 Å². The number of nitrogens with one attached hydrogen (secondary N) is 3. The Morgan fingerprint density at radius 1 is 1.03 bits per heavy atom. The van der Waals surface area contributed by atoms with Crippen molar-refractivity contribution in [2.24, 2.45) is 0 Å². The molecule has 0 unspecified atom stereocenters. The van der Waals surface area contributed by atoms with E-state index >= 15 is 0 Å². The van der Waals surface area contributed by atoms with Crippen LogP contribution < -0.4 is 24.8 Å². The molecule has 0 atom stereocenters. The fraction of sp³-hybridized carbons (Fsp3) is 0.0909. The minimum atomic E-state index is -3.91. The Labute approximate surface area is 184 Å². The lowest BCUT2D eigenvalue weighted by Gasteiger charge is -2.18. The summed E-state index contributed by atoms with van der Waals surface area (Å²) in [4.78, 5) is 24.1. The van der Waals surface area contributed by atoms with Crippen molar-refractivity contribution in [1.29, 1.82) is 0 Å². The zero-order valence-corrected chi connectivity index (χ0v) is 17.7. The second-order valence-corrected chi connectivity index (χ2v) is 8.55. The van der Waals surface area contributed by atoms with Crippen LogP contribution in [-0.4, -0.2) is 33.9 Å². The minimum Gasteiger partial charge on any atom is -0.497 e. The third-order valence-electron chi connectivity index (χ3n) is 4.62. The van der Waals surface area contributed by atoms with Crippen molar-refractivity contribution < 1.29 is 27.5 Å². The van der Waals surface area contributed by atoms with Gasteiger partial charge in [-0.15, -0.1) is 0 Å². The number of amides is 2. The summed E-state index contributed by atoms with van der Waals surface area (Å²) in [6.07, 6.45) is 0. The summed E-state index contributed by atoms with van der Waals surface area (Å²) in [7, 11) is -2.40. The summed E-state index contributed by atoms with van der Waals surface area (Å²) in [5, 5.41) is 5.35. The summed E-state index contributed by atoms with van der Waals surface area (Å²) in [5.41, 5.74) is 1.38. The minimum absolute atomic E-state index is 0.0629. The van der Waals surface area contributed by atoms with E-state index in [-0.39, 0.29) is 23.0 Å². The predicted octanol–water partition coefficient (Wildman–Crippen LogP) is 3.08. The molecule has 2 amide bonds. The van der Waals surface area contributed by atoms with Gasteiger partial charge in [0.2, 0.25) is 0 Å². The van der Waals surface area contributed by atoms with Crippen LogP contribution in [0.5, 0.6) is 11.5 Å². The van der Waals surface area contributed by atoms with Gasteiger partial charge in [0.15, 0.2) is 6.61 Å². The molecule has 0 bridgehead atoms. The van der Waals surface area contributed by atoms with Crippen molar-refractivity contribution in [2.75, 3.05) is 29.1 Å². The molecule has 32 heavy (non-hydrogen) atoms. The van der Waals surface area contributed by atoms with Crippen LogP contribution in [-0.2, 0) is 14.8 Å². The quantitative estimate of drug-likeness (QED) is 0.527. The standard InChI is InChI=1S/C22H19N3O6S/c1-30-17-8-5-15(6-9-17)25-32(28,29)18-4-2-3-14(11-18)22(27)23-16-7-10-20-19(12-16)24-21(26)13-31-20/h2-12,25H,13H2,1H3,(H,23,27)(H,24,26). The van der Waals surface area contributed by atoms with Gasteiger partial charge in [-0.1, -0.05) is 6.07 Å². The van der Waals surface area contributed by atoms with E-state index in [1.807, 2.05) is 0 Å². The van der Waals surface area contributed by atoms with E-state index in [1.54, 1.807) is 42.5 Å². The number of ether oxygens (including phenoxy) is 2. The van der Waals surface area contributed by atoms with Crippen molar-refractivity contribution in [3.05, 3.63) is 72.3 Å². The summed E-state index contributed by atoms with van der Waals surface area (Å²) >= 11 is 0. The smallest absolute Gasteiger partial charge is 0.262 e.